The number of benzene rings is 2. The molecular weight excluding hydrogens is 404 g/mol. The van der Waals surface area contributed by atoms with Crippen LogP contribution in [0.1, 0.15) is 25.3 Å². The second-order valence-corrected chi connectivity index (χ2v) is 7.96. The third kappa shape index (κ3) is 7.16. The lowest BCUT2D eigenvalue weighted by Gasteiger charge is -2.22. The molecule has 7 heteroatoms. The largest absolute Gasteiger partial charge is 0.466 e. The molecule has 0 unspecified atom stereocenters. The molecule has 2 aromatic rings. The Morgan fingerprint density at radius 2 is 2.00 bits per heavy atom. The number of carbonyl (C=O) groups excluding carboxylic acids is 1. The highest BCUT2D eigenvalue weighted by atomic mass is 35.5. The van der Waals surface area contributed by atoms with Crippen molar-refractivity contribution in [2.45, 2.75) is 39.3 Å². The van der Waals surface area contributed by atoms with Gasteiger partial charge in [0.1, 0.15) is 5.82 Å². The molecule has 1 N–H and O–H groups in total. The van der Waals surface area contributed by atoms with Crippen molar-refractivity contribution in [2.24, 2.45) is 11.8 Å². The number of nitriles is 1. The van der Waals surface area contributed by atoms with Gasteiger partial charge in [0.2, 0.25) is 0 Å². The van der Waals surface area contributed by atoms with Crippen LogP contribution >= 0.6 is 11.6 Å². The van der Waals surface area contributed by atoms with Gasteiger partial charge >= 0.3 is 5.97 Å². The molecule has 0 saturated carbocycles. The summed E-state index contributed by atoms with van der Waals surface area (Å²) < 4.78 is 19.2. The van der Waals surface area contributed by atoms with E-state index in [1.807, 2.05) is 24.3 Å². The molecule has 158 valence electrons. The Labute approximate surface area is 182 Å². The van der Waals surface area contributed by atoms with Gasteiger partial charge in [0.05, 0.1) is 18.6 Å². The molecule has 2 rings (SSSR count). The summed E-state index contributed by atoms with van der Waals surface area (Å²) in [5, 5.41) is 19.4. The topological polar surface area (TPSA) is 70.3 Å². The number of hydrogen-bond donors (Lipinski definition) is 1. The highest BCUT2D eigenvalue weighted by Crippen LogP contribution is 2.29. The molecule has 0 aliphatic rings. The van der Waals surface area contributed by atoms with E-state index in [9.17, 15) is 14.2 Å². The van der Waals surface area contributed by atoms with E-state index in [2.05, 4.69) is 6.07 Å². The maximum Gasteiger partial charge on any atom is 0.309 e. The van der Waals surface area contributed by atoms with Gasteiger partial charge in [-0.25, -0.2) is 4.39 Å². The van der Waals surface area contributed by atoms with Crippen molar-refractivity contribution in [3.63, 3.8) is 0 Å². The van der Waals surface area contributed by atoms with Crippen molar-refractivity contribution < 1.29 is 18.9 Å². The minimum absolute atomic E-state index is 0.00140. The highest BCUT2D eigenvalue weighted by Gasteiger charge is 2.26. The van der Waals surface area contributed by atoms with Crippen molar-refractivity contribution >= 4 is 24.5 Å². The fourth-order valence-corrected chi connectivity index (χ4v) is 3.83. The van der Waals surface area contributed by atoms with Crippen LogP contribution in [-0.2, 0) is 16.0 Å². The van der Waals surface area contributed by atoms with E-state index < -0.39 is 12.8 Å². The Morgan fingerprint density at radius 3 is 2.60 bits per heavy atom. The zero-order chi connectivity index (χ0) is 22.1. The number of rotatable bonds is 10. The normalized spacial score (nSPS) is 12.7. The third-order valence-electron chi connectivity index (χ3n) is 4.97. The summed E-state index contributed by atoms with van der Waals surface area (Å²) >= 11 is 5.99. The second-order valence-electron chi connectivity index (χ2n) is 7.52. The standard InChI is InChI=1S/C23H26BClFNO3/c1-3-30-23(28)19(10-11-27)13-17(15-24(2)29)12-16-4-6-18(7-5-16)21-14-20(25)8-9-22(21)26/h4-9,14,17,19,29H,3,10,12-13,15H2,1-2H3/t17-,19-/m1/s1. The van der Waals surface area contributed by atoms with Crippen molar-refractivity contribution in [1.82, 2.24) is 0 Å². The summed E-state index contributed by atoms with van der Waals surface area (Å²) in [4.78, 5) is 12.2. The predicted octanol–water partition coefficient (Wildman–Crippen LogP) is 5.40. The van der Waals surface area contributed by atoms with Crippen molar-refractivity contribution in [2.75, 3.05) is 6.61 Å². The number of hydrogen-bond acceptors (Lipinski definition) is 4. The van der Waals surface area contributed by atoms with Crippen LogP contribution in [0.25, 0.3) is 11.1 Å². The summed E-state index contributed by atoms with van der Waals surface area (Å²) in [7, 11) is 0. The number of nitrogens with zero attached hydrogens (tertiary/aromatic N) is 1. The number of ether oxygens (including phenoxy) is 1. The van der Waals surface area contributed by atoms with Gasteiger partial charge in [-0.1, -0.05) is 42.7 Å². The molecule has 0 radical (unpaired) electrons. The van der Waals surface area contributed by atoms with Gasteiger partial charge in [-0.05, 0) is 61.3 Å². The minimum Gasteiger partial charge on any atom is -0.466 e. The van der Waals surface area contributed by atoms with Crippen LogP contribution in [0.3, 0.4) is 0 Å². The lowest BCUT2D eigenvalue weighted by atomic mass is 9.61. The Balaban J connectivity index is 2.16. The molecule has 2 atom stereocenters. The summed E-state index contributed by atoms with van der Waals surface area (Å²) in [6, 6.07) is 14.0. The third-order valence-corrected chi connectivity index (χ3v) is 5.20. The zero-order valence-electron chi connectivity index (χ0n) is 17.3. The van der Waals surface area contributed by atoms with Crippen LogP contribution in [0.15, 0.2) is 42.5 Å². The summed E-state index contributed by atoms with van der Waals surface area (Å²) in [5.41, 5.74) is 2.16. The van der Waals surface area contributed by atoms with Crippen LogP contribution in [0.4, 0.5) is 4.39 Å². The zero-order valence-corrected chi connectivity index (χ0v) is 18.0. The highest BCUT2D eigenvalue weighted by molar-refractivity contribution is 6.48. The Bertz CT molecular complexity index is 883. The lowest BCUT2D eigenvalue weighted by Crippen LogP contribution is -2.24. The van der Waals surface area contributed by atoms with E-state index in [4.69, 9.17) is 21.6 Å². The van der Waals surface area contributed by atoms with E-state index in [0.717, 1.165) is 11.1 Å². The molecule has 30 heavy (non-hydrogen) atoms. The van der Waals surface area contributed by atoms with E-state index in [1.165, 1.54) is 12.1 Å². The molecular formula is C23H26BClFNO3. The van der Waals surface area contributed by atoms with E-state index in [0.29, 0.717) is 29.7 Å². The Morgan fingerprint density at radius 1 is 1.30 bits per heavy atom. The average Bonchev–Trinajstić information content (AvgIpc) is 2.70. The van der Waals surface area contributed by atoms with Gasteiger partial charge in [0.25, 0.3) is 6.92 Å². The van der Waals surface area contributed by atoms with Gasteiger partial charge in [0.15, 0.2) is 0 Å². The van der Waals surface area contributed by atoms with Crippen molar-refractivity contribution in [3.05, 3.63) is 58.9 Å². The monoisotopic (exact) mass is 429 g/mol. The lowest BCUT2D eigenvalue weighted by molar-refractivity contribution is -0.148. The molecule has 0 aliphatic carbocycles. The van der Waals surface area contributed by atoms with E-state index in [-0.39, 0.29) is 30.7 Å². The maximum atomic E-state index is 14.1. The Hall–Kier alpha value is -2.36. The Kier molecular flexibility index (Phi) is 9.36. The van der Waals surface area contributed by atoms with E-state index >= 15 is 0 Å². The van der Waals surface area contributed by atoms with Crippen LogP contribution in [-0.4, -0.2) is 24.5 Å². The first-order valence-corrected chi connectivity index (χ1v) is 10.5. The van der Waals surface area contributed by atoms with Crippen LogP contribution in [0.5, 0.6) is 0 Å². The fraction of sp³-hybridized carbons (Fsp3) is 0.391. The van der Waals surface area contributed by atoms with Crippen molar-refractivity contribution in [1.29, 1.82) is 5.26 Å². The molecule has 0 amide bonds. The number of carbonyl (C=O) groups is 1. The first-order valence-electron chi connectivity index (χ1n) is 10.1. The first-order chi connectivity index (χ1) is 14.3. The summed E-state index contributed by atoms with van der Waals surface area (Å²) in [6.45, 7) is 3.18. The predicted molar refractivity (Wildman–Crippen MR) is 118 cm³/mol. The molecule has 0 heterocycles. The van der Waals surface area contributed by atoms with Gasteiger partial charge in [0, 0.05) is 17.0 Å². The SMILES string of the molecule is CCOC(=O)[C@H](CC#N)C[C@H](CB(C)O)Cc1ccc(-c2cc(Cl)ccc2F)cc1. The molecule has 0 aromatic heterocycles. The molecule has 0 spiro atoms. The van der Waals surface area contributed by atoms with E-state index in [1.54, 1.807) is 19.8 Å². The molecule has 0 fully saturated rings. The van der Waals surface area contributed by atoms with Gasteiger partial charge in [-0.2, -0.15) is 5.26 Å². The average molecular weight is 430 g/mol. The molecule has 0 bridgehead atoms. The second kappa shape index (κ2) is 11.7. The van der Waals surface area contributed by atoms with Crippen LogP contribution < -0.4 is 0 Å². The smallest absolute Gasteiger partial charge is 0.309 e. The summed E-state index contributed by atoms with van der Waals surface area (Å²) in [6.07, 6.45) is 1.68. The van der Waals surface area contributed by atoms with Crippen LogP contribution in [0.2, 0.25) is 18.2 Å². The molecule has 0 aliphatic heterocycles. The molecule has 2 aromatic carbocycles. The fourth-order valence-electron chi connectivity index (χ4n) is 3.65. The number of esters is 1. The summed E-state index contributed by atoms with van der Waals surface area (Å²) in [5.74, 6) is -1.23. The molecule has 4 nitrogen and oxygen atoms in total. The quantitative estimate of drug-likeness (QED) is 0.405. The van der Waals surface area contributed by atoms with Gasteiger partial charge in [-0.15, -0.1) is 0 Å². The molecule has 0 saturated heterocycles. The first kappa shape index (κ1) is 23.9. The van der Waals surface area contributed by atoms with Gasteiger partial charge in [-0.3, -0.25) is 4.79 Å². The minimum atomic E-state index is -0.528. The maximum absolute atomic E-state index is 14.1. The van der Waals surface area contributed by atoms with Crippen LogP contribution in [0, 0.1) is 29.0 Å². The van der Waals surface area contributed by atoms with Crippen molar-refractivity contribution in [3.8, 4) is 17.2 Å². The number of halogens is 2. The van der Waals surface area contributed by atoms with Gasteiger partial charge < -0.3 is 9.76 Å².